The molecule has 0 bridgehead atoms. The van der Waals surface area contributed by atoms with Gasteiger partial charge in [-0.1, -0.05) is 59.3 Å². The van der Waals surface area contributed by atoms with Gasteiger partial charge in [0.05, 0.1) is 0 Å². The zero-order valence-corrected chi connectivity index (χ0v) is 12.8. The molecule has 0 radical (unpaired) electrons. The third-order valence-corrected chi connectivity index (χ3v) is 4.77. The summed E-state index contributed by atoms with van der Waals surface area (Å²) >= 11 is 9.59. The maximum atomic E-state index is 6.00. The van der Waals surface area contributed by atoms with Gasteiger partial charge in [-0.25, -0.2) is 0 Å². The first-order valence-corrected chi connectivity index (χ1v) is 7.80. The van der Waals surface area contributed by atoms with Crippen molar-refractivity contribution in [3.63, 3.8) is 0 Å². The molecule has 1 aromatic carbocycles. The van der Waals surface area contributed by atoms with Gasteiger partial charge in [0, 0.05) is 15.5 Å². The van der Waals surface area contributed by atoms with Gasteiger partial charge in [-0.05, 0) is 36.5 Å². The van der Waals surface area contributed by atoms with E-state index in [2.05, 4.69) is 27.4 Å². The van der Waals surface area contributed by atoms with E-state index in [4.69, 9.17) is 17.4 Å². The molecule has 4 heteroatoms. The van der Waals surface area contributed by atoms with Crippen LogP contribution in [-0.4, -0.2) is 0 Å². The fraction of sp³-hybridized carbons (Fsp3) is 0.571. The summed E-state index contributed by atoms with van der Waals surface area (Å²) in [5, 5.41) is 0.752. The molecule has 0 saturated heterocycles. The Hall–Kier alpha value is -0.0900. The number of nitrogens with two attached hydrogens (primary N) is 1. The SMILES string of the molecule is NNC(c1ccc(Cl)cc1Br)C1CCCCCC1. The Morgan fingerprint density at radius 1 is 1.22 bits per heavy atom. The molecule has 1 aromatic rings. The van der Waals surface area contributed by atoms with Crippen molar-refractivity contribution in [2.45, 2.75) is 44.6 Å². The van der Waals surface area contributed by atoms with Crippen LogP contribution in [-0.2, 0) is 0 Å². The minimum absolute atomic E-state index is 0.217. The Morgan fingerprint density at radius 2 is 1.89 bits per heavy atom. The van der Waals surface area contributed by atoms with Crippen LogP contribution in [0.3, 0.4) is 0 Å². The highest BCUT2D eigenvalue weighted by Crippen LogP contribution is 2.36. The van der Waals surface area contributed by atoms with Crippen LogP contribution < -0.4 is 11.3 Å². The van der Waals surface area contributed by atoms with Crippen LogP contribution >= 0.6 is 27.5 Å². The number of hydrazine groups is 1. The number of benzene rings is 1. The summed E-state index contributed by atoms with van der Waals surface area (Å²) < 4.78 is 1.04. The quantitative estimate of drug-likeness (QED) is 0.483. The van der Waals surface area contributed by atoms with Crippen molar-refractivity contribution in [1.29, 1.82) is 0 Å². The molecule has 100 valence electrons. The summed E-state index contributed by atoms with van der Waals surface area (Å²) in [6, 6.07) is 6.16. The number of hydrogen-bond donors (Lipinski definition) is 2. The minimum atomic E-state index is 0.217. The van der Waals surface area contributed by atoms with Crippen LogP contribution in [0.25, 0.3) is 0 Å². The molecule has 0 aromatic heterocycles. The first-order valence-electron chi connectivity index (χ1n) is 6.63. The van der Waals surface area contributed by atoms with E-state index in [1.807, 2.05) is 12.1 Å². The average Bonchev–Trinajstić information content (AvgIpc) is 2.62. The summed E-state index contributed by atoms with van der Waals surface area (Å²) in [5.74, 6) is 6.41. The molecule has 1 unspecified atom stereocenters. The van der Waals surface area contributed by atoms with Gasteiger partial charge < -0.3 is 0 Å². The van der Waals surface area contributed by atoms with E-state index in [1.54, 1.807) is 0 Å². The van der Waals surface area contributed by atoms with Crippen LogP contribution in [0.2, 0.25) is 5.02 Å². The smallest absolute Gasteiger partial charge is 0.0499 e. The second kappa shape index (κ2) is 6.90. The second-order valence-electron chi connectivity index (χ2n) is 5.06. The maximum absolute atomic E-state index is 6.00. The monoisotopic (exact) mass is 330 g/mol. The van der Waals surface area contributed by atoms with Gasteiger partial charge in [-0.2, -0.15) is 0 Å². The molecule has 1 aliphatic carbocycles. The first-order chi connectivity index (χ1) is 8.72. The van der Waals surface area contributed by atoms with Crippen LogP contribution in [0.1, 0.15) is 50.1 Å². The third-order valence-electron chi connectivity index (χ3n) is 3.85. The van der Waals surface area contributed by atoms with E-state index < -0.39 is 0 Å². The van der Waals surface area contributed by atoms with Gasteiger partial charge in [0.15, 0.2) is 0 Å². The average molecular weight is 332 g/mol. The summed E-state index contributed by atoms with van der Waals surface area (Å²) in [6.45, 7) is 0. The fourth-order valence-electron chi connectivity index (χ4n) is 2.88. The van der Waals surface area contributed by atoms with E-state index >= 15 is 0 Å². The van der Waals surface area contributed by atoms with Crippen LogP contribution in [0.15, 0.2) is 22.7 Å². The highest BCUT2D eigenvalue weighted by molar-refractivity contribution is 9.10. The molecule has 1 aliphatic rings. The maximum Gasteiger partial charge on any atom is 0.0499 e. The van der Waals surface area contributed by atoms with Gasteiger partial charge in [0.25, 0.3) is 0 Å². The van der Waals surface area contributed by atoms with Crippen molar-refractivity contribution in [2.24, 2.45) is 11.8 Å². The van der Waals surface area contributed by atoms with Crippen molar-refractivity contribution in [2.75, 3.05) is 0 Å². The molecule has 3 N–H and O–H groups in total. The molecular weight excluding hydrogens is 312 g/mol. The molecule has 2 nitrogen and oxygen atoms in total. The van der Waals surface area contributed by atoms with Gasteiger partial charge in [-0.3, -0.25) is 11.3 Å². The molecule has 1 atom stereocenters. The van der Waals surface area contributed by atoms with E-state index in [0.29, 0.717) is 5.92 Å². The Labute approximate surface area is 122 Å². The lowest BCUT2D eigenvalue weighted by atomic mass is 9.87. The highest BCUT2D eigenvalue weighted by Gasteiger charge is 2.24. The largest absolute Gasteiger partial charge is 0.271 e. The van der Waals surface area contributed by atoms with Crippen molar-refractivity contribution in [1.82, 2.24) is 5.43 Å². The lowest BCUT2D eigenvalue weighted by Gasteiger charge is -2.27. The van der Waals surface area contributed by atoms with E-state index in [-0.39, 0.29) is 6.04 Å². The van der Waals surface area contributed by atoms with E-state index in [9.17, 15) is 0 Å². The Balaban J connectivity index is 2.20. The summed E-state index contributed by atoms with van der Waals surface area (Å²) in [7, 11) is 0. The summed E-state index contributed by atoms with van der Waals surface area (Å²) in [5.41, 5.74) is 4.22. The van der Waals surface area contributed by atoms with Crippen LogP contribution in [0, 0.1) is 5.92 Å². The highest BCUT2D eigenvalue weighted by atomic mass is 79.9. The Kier molecular flexibility index (Phi) is 5.49. The zero-order chi connectivity index (χ0) is 13.0. The fourth-order valence-corrected chi connectivity index (χ4v) is 3.81. The molecule has 0 aliphatic heterocycles. The third kappa shape index (κ3) is 3.47. The van der Waals surface area contributed by atoms with Gasteiger partial charge in [-0.15, -0.1) is 0 Å². The van der Waals surface area contributed by atoms with Gasteiger partial charge in [0.2, 0.25) is 0 Å². The minimum Gasteiger partial charge on any atom is -0.271 e. The van der Waals surface area contributed by atoms with Crippen molar-refractivity contribution in [3.05, 3.63) is 33.3 Å². The van der Waals surface area contributed by atoms with E-state index in [0.717, 1.165) is 9.50 Å². The van der Waals surface area contributed by atoms with Crippen LogP contribution in [0.4, 0.5) is 0 Å². The standard InChI is InChI=1S/C14H20BrClN2/c15-13-9-11(16)7-8-12(13)14(18-17)10-5-3-1-2-4-6-10/h7-10,14,18H,1-6,17H2. The molecule has 0 heterocycles. The zero-order valence-electron chi connectivity index (χ0n) is 10.5. The predicted molar refractivity (Wildman–Crippen MR) is 80.4 cm³/mol. The number of halogens is 2. The molecular formula is C14H20BrClN2. The van der Waals surface area contributed by atoms with Crippen LogP contribution in [0.5, 0.6) is 0 Å². The van der Waals surface area contributed by atoms with Crippen molar-refractivity contribution in [3.8, 4) is 0 Å². The van der Waals surface area contributed by atoms with Gasteiger partial charge in [0.1, 0.15) is 0 Å². The molecule has 2 rings (SSSR count). The number of rotatable bonds is 3. The van der Waals surface area contributed by atoms with Crippen molar-refractivity contribution < 1.29 is 0 Å². The summed E-state index contributed by atoms with van der Waals surface area (Å²) in [4.78, 5) is 0. The lowest BCUT2D eigenvalue weighted by Crippen LogP contribution is -2.33. The molecule has 0 amide bonds. The number of nitrogens with one attached hydrogen (secondary N) is 1. The predicted octanol–water partition coefficient (Wildman–Crippen LogP) is 4.58. The Morgan fingerprint density at radius 3 is 2.44 bits per heavy atom. The second-order valence-corrected chi connectivity index (χ2v) is 6.35. The molecule has 1 fully saturated rings. The van der Waals surface area contributed by atoms with Gasteiger partial charge >= 0.3 is 0 Å². The first kappa shape index (κ1) is 14.3. The normalized spacial score (nSPS) is 19.5. The van der Waals surface area contributed by atoms with E-state index in [1.165, 1.54) is 44.1 Å². The Bertz CT molecular complexity index is 389. The molecule has 1 saturated carbocycles. The van der Waals surface area contributed by atoms with Crippen molar-refractivity contribution >= 4 is 27.5 Å². The number of hydrogen-bond acceptors (Lipinski definition) is 2. The molecule has 0 spiro atoms. The molecule has 18 heavy (non-hydrogen) atoms. The topological polar surface area (TPSA) is 38.0 Å². The summed E-state index contributed by atoms with van der Waals surface area (Å²) in [6.07, 6.45) is 7.85. The lowest BCUT2D eigenvalue weighted by molar-refractivity contribution is 0.328.